The van der Waals surface area contributed by atoms with E-state index in [1.54, 1.807) is 42.5 Å². The second-order valence-corrected chi connectivity index (χ2v) is 7.81. The van der Waals surface area contributed by atoms with E-state index in [-0.39, 0.29) is 6.54 Å². The molecule has 0 unspecified atom stereocenters. The summed E-state index contributed by atoms with van der Waals surface area (Å²) in [5.74, 6) is -0.489. The van der Waals surface area contributed by atoms with Crippen LogP contribution < -0.4 is 20.1 Å². The van der Waals surface area contributed by atoms with Crippen LogP contribution in [0.15, 0.2) is 78.9 Å². The molecule has 186 valence electrons. The van der Waals surface area contributed by atoms with Gasteiger partial charge in [0.2, 0.25) is 5.91 Å². The molecular formula is C28H28N2O6. The Kier molecular flexibility index (Phi) is 9.64. The number of amides is 2. The molecule has 0 bridgehead atoms. The normalized spacial score (nSPS) is 10.5. The van der Waals surface area contributed by atoms with Gasteiger partial charge in [-0.1, -0.05) is 48.5 Å². The number of ether oxygens (including phenoxy) is 3. The summed E-state index contributed by atoms with van der Waals surface area (Å²) < 4.78 is 15.9. The van der Waals surface area contributed by atoms with Crippen LogP contribution in [-0.2, 0) is 25.7 Å². The quantitative estimate of drug-likeness (QED) is 0.314. The molecule has 0 fully saturated rings. The molecule has 3 aromatic rings. The van der Waals surface area contributed by atoms with Gasteiger partial charge in [-0.15, -0.1) is 0 Å². The highest BCUT2D eigenvalue weighted by molar-refractivity contribution is 5.96. The molecule has 0 heterocycles. The molecule has 36 heavy (non-hydrogen) atoms. The van der Waals surface area contributed by atoms with Crippen LogP contribution in [0.4, 0.5) is 5.69 Å². The van der Waals surface area contributed by atoms with Gasteiger partial charge in [0.25, 0.3) is 5.91 Å². The number of hydrogen-bond acceptors (Lipinski definition) is 6. The first kappa shape index (κ1) is 26.0. The molecule has 8 heteroatoms. The Hall–Kier alpha value is -4.59. The Morgan fingerprint density at radius 3 is 2.39 bits per heavy atom. The number of carbonyl (C=O) groups excluding carboxylic acids is 3. The van der Waals surface area contributed by atoms with E-state index in [1.165, 1.54) is 13.2 Å². The van der Waals surface area contributed by atoms with Gasteiger partial charge in [0.05, 0.1) is 19.3 Å². The molecule has 2 N–H and O–H groups in total. The van der Waals surface area contributed by atoms with Crippen LogP contribution in [0.5, 0.6) is 11.5 Å². The van der Waals surface area contributed by atoms with Crippen molar-refractivity contribution < 1.29 is 28.6 Å². The average molecular weight is 489 g/mol. The SMILES string of the molecule is COc1ccc(C)cc1NC(=O)CNC(=O)COC(=O)/C=C/c1ccc(OCc2ccccc2)cc1. The number of aryl methyl sites for hydroxylation is 1. The predicted octanol–water partition coefficient (Wildman–Crippen LogP) is 3.89. The van der Waals surface area contributed by atoms with E-state index in [4.69, 9.17) is 14.2 Å². The van der Waals surface area contributed by atoms with Gasteiger partial charge in [-0.25, -0.2) is 4.79 Å². The zero-order valence-corrected chi connectivity index (χ0v) is 20.2. The van der Waals surface area contributed by atoms with Gasteiger partial charge in [0.15, 0.2) is 6.61 Å². The van der Waals surface area contributed by atoms with Crippen LogP contribution in [0.25, 0.3) is 6.08 Å². The van der Waals surface area contributed by atoms with Gasteiger partial charge < -0.3 is 24.8 Å². The van der Waals surface area contributed by atoms with Gasteiger partial charge in [-0.05, 0) is 54.0 Å². The maximum Gasteiger partial charge on any atom is 0.331 e. The van der Waals surface area contributed by atoms with E-state index in [9.17, 15) is 14.4 Å². The number of hydrogen-bond donors (Lipinski definition) is 2. The Morgan fingerprint density at radius 2 is 1.67 bits per heavy atom. The zero-order chi connectivity index (χ0) is 25.8. The number of nitrogens with one attached hydrogen (secondary N) is 2. The minimum Gasteiger partial charge on any atom is -0.495 e. The highest BCUT2D eigenvalue weighted by atomic mass is 16.5. The third-order valence-corrected chi connectivity index (χ3v) is 4.96. The molecule has 0 saturated carbocycles. The summed E-state index contributed by atoms with van der Waals surface area (Å²) in [6.45, 7) is 1.57. The van der Waals surface area contributed by atoms with Gasteiger partial charge >= 0.3 is 5.97 Å². The molecule has 0 atom stereocenters. The minimum atomic E-state index is -0.677. The first-order valence-corrected chi connectivity index (χ1v) is 11.3. The van der Waals surface area contributed by atoms with Crippen molar-refractivity contribution in [3.05, 3.63) is 95.6 Å². The molecule has 8 nitrogen and oxygen atoms in total. The summed E-state index contributed by atoms with van der Waals surface area (Å²) in [4.78, 5) is 36.0. The molecule has 0 aliphatic carbocycles. The molecule has 3 rings (SSSR count). The molecular weight excluding hydrogens is 460 g/mol. The standard InChI is InChI=1S/C28H28N2O6/c1-20-8-14-25(34-2)24(16-20)30-26(31)17-29-27(32)19-36-28(33)15-11-21-9-12-23(13-10-21)35-18-22-6-4-3-5-7-22/h3-16H,17-19H2,1-2H3,(H,29,32)(H,30,31)/b15-11+. The monoisotopic (exact) mass is 488 g/mol. The summed E-state index contributed by atoms with van der Waals surface area (Å²) in [5.41, 5.74) is 3.29. The van der Waals surface area contributed by atoms with Crippen LogP contribution >= 0.6 is 0 Å². The number of rotatable bonds is 11. The molecule has 0 aliphatic rings. The van der Waals surface area contributed by atoms with Crippen molar-refractivity contribution in [3.8, 4) is 11.5 Å². The maximum atomic E-state index is 12.1. The van der Waals surface area contributed by atoms with E-state index in [2.05, 4.69) is 10.6 Å². The lowest BCUT2D eigenvalue weighted by molar-refractivity contribution is -0.143. The summed E-state index contributed by atoms with van der Waals surface area (Å²) in [7, 11) is 1.50. The van der Waals surface area contributed by atoms with Gasteiger partial charge in [0.1, 0.15) is 18.1 Å². The Labute approximate surface area is 209 Å². The largest absolute Gasteiger partial charge is 0.495 e. The van der Waals surface area contributed by atoms with Crippen LogP contribution in [0.1, 0.15) is 16.7 Å². The molecule has 0 radical (unpaired) electrons. The van der Waals surface area contributed by atoms with Gasteiger partial charge in [-0.3, -0.25) is 9.59 Å². The van der Waals surface area contributed by atoms with Crippen LogP contribution in [0.3, 0.4) is 0 Å². The van der Waals surface area contributed by atoms with Crippen LogP contribution in [-0.4, -0.2) is 38.0 Å². The van der Waals surface area contributed by atoms with Crippen LogP contribution in [0, 0.1) is 6.92 Å². The molecule has 2 amide bonds. The van der Waals surface area contributed by atoms with Crippen molar-refractivity contribution in [2.24, 2.45) is 0 Å². The fraction of sp³-hybridized carbons (Fsp3) is 0.179. The Bertz CT molecular complexity index is 1210. The lowest BCUT2D eigenvalue weighted by Gasteiger charge is -2.11. The number of methoxy groups -OCH3 is 1. The first-order chi connectivity index (χ1) is 17.4. The second-order valence-electron chi connectivity index (χ2n) is 7.81. The molecule has 3 aromatic carbocycles. The predicted molar refractivity (Wildman–Crippen MR) is 137 cm³/mol. The number of anilines is 1. The van der Waals surface area contributed by atoms with Gasteiger partial charge in [-0.2, -0.15) is 0 Å². The zero-order valence-electron chi connectivity index (χ0n) is 20.2. The smallest absolute Gasteiger partial charge is 0.331 e. The summed E-state index contributed by atoms with van der Waals surface area (Å²) in [6.07, 6.45) is 2.80. The number of benzene rings is 3. The van der Waals surface area contributed by atoms with Crippen molar-refractivity contribution >= 4 is 29.5 Å². The summed E-state index contributed by atoms with van der Waals surface area (Å²) in [5, 5.41) is 5.08. The number of carbonyl (C=O) groups is 3. The van der Waals surface area contributed by atoms with Crippen LogP contribution in [0.2, 0.25) is 0 Å². The van der Waals surface area contributed by atoms with E-state index in [0.717, 1.165) is 16.7 Å². The van der Waals surface area contributed by atoms with Crippen molar-refractivity contribution in [1.29, 1.82) is 0 Å². The Balaban J connectivity index is 1.36. The Morgan fingerprint density at radius 1 is 0.917 bits per heavy atom. The molecule has 0 saturated heterocycles. The third kappa shape index (κ3) is 8.64. The molecule has 0 spiro atoms. The van der Waals surface area contributed by atoms with Gasteiger partial charge in [0, 0.05) is 6.08 Å². The minimum absolute atomic E-state index is 0.276. The van der Waals surface area contributed by atoms with E-state index < -0.39 is 24.4 Å². The van der Waals surface area contributed by atoms with Crippen molar-refractivity contribution in [2.45, 2.75) is 13.5 Å². The maximum absolute atomic E-state index is 12.1. The van der Waals surface area contributed by atoms with Crippen molar-refractivity contribution in [1.82, 2.24) is 5.32 Å². The molecule has 0 aromatic heterocycles. The number of esters is 1. The summed E-state index contributed by atoms with van der Waals surface area (Å²) in [6, 6.07) is 22.4. The lowest BCUT2D eigenvalue weighted by Crippen LogP contribution is -2.35. The second kappa shape index (κ2) is 13.3. The summed E-state index contributed by atoms with van der Waals surface area (Å²) >= 11 is 0. The highest BCUT2D eigenvalue weighted by Crippen LogP contribution is 2.24. The highest BCUT2D eigenvalue weighted by Gasteiger charge is 2.10. The average Bonchev–Trinajstić information content (AvgIpc) is 2.89. The fourth-order valence-electron chi connectivity index (χ4n) is 3.11. The van der Waals surface area contributed by atoms with Crippen molar-refractivity contribution in [3.63, 3.8) is 0 Å². The third-order valence-electron chi connectivity index (χ3n) is 4.96. The van der Waals surface area contributed by atoms with E-state index in [1.807, 2.05) is 43.3 Å². The fourth-order valence-corrected chi connectivity index (χ4v) is 3.11. The topological polar surface area (TPSA) is 103 Å². The first-order valence-electron chi connectivity index (χ1n) is 11.3. The van der Waals surface area contributed by atoms with E-state index >= 15 is 0 Å². The lowest BCUT2D eigenvalue weighted by atomic mass is 10.2. The van der Waals surface area contributed by atoms with Crippen molar-refractivity contribution in [2.75, 3.05) is 25.6 Å². The molecule has 0 aliphatic heterocycles. The van der Waals surface area contributed by atoms with E-state index in [0.29, 0.717) is 23.8 Å².